The van der Waals surface area contributed by atoms with E-state index in [1.807, 2.05) is 13.8 Å². The molecule has 2 aromatic rings. The van der Waals surface area contributed by atoms with E-state index in [-0.39, 0.29) is 34.8 Å². The number of phenolic OH excluding ortho intramolecular Hbond substituents is 2. The highest BCUT2D eigenvalue weighted by Crippen LogP contribution is 2.46. The number of aliphatic hydroxyl groups is 5. The Bertz CT molecular complexity index is 1170. The summed E-state index contributed by atoms with van der Waals surface area (Å²) in [4.78, 5) is 13.1. The first-order chi connectivity index (χ1) is 17.5. The maximum atomic E-state index is 13.1. The molecule has 0 bridgehead atoms. The van der Waals surface area contributed by atoms with Gasteiger partial charge >= 0.3 is 0 Å². The van der Waals surface area contributed by atoms with E-state index >= 15 is 0 Å². The van der Waals surface area contributed by atoms with Crippen molar-refractivity contribution >= 4 is 5.78 Å². The Labute approximate surface area is 212 Å². The molecule has 2 aliphatic heterocycles. The average Bonchev–Trinajstić information content (AvgIpc) is 2.86. The summed E-state index contributed by atoms with van der Waals surface area (Å²) in [5.74, 6) is -1.45. The highest BCUT2D eigenvalue weighted by molar-refractivity contribution is 6.06. The van der Waals surface area contributed by atoms with Crippen molar-refractivity contribution in [2.45, 2.75) is 63.2 Å². The molecule has 0 amide bonds. The number of carbonyl (C=O) groups excluding carboxylic acids is 1. The van der Waals surface area contributed by atoms with E-state index in [1.54, 1.807) is 6.08 Å². The van der Waals surface area contributed by atoms with Gasteiger partial charge in [0.1, 0.15) is 53.0 Å². The zero-order valence-electron chi connectivity index (χ0n) is 20.2. The minimum atomic E-state index is -1.71. The summed E-state index contributed by atoms with van der Waals surface area (Å²) in [6.07, 6.45) is -8.58. The fourth-order valence-electron chi connectivity index (χ4n) is 4.32. The van der Waals surface area contributed by atoms with Crippen LogP contribution < -0.4 is 9.47 Å². The molecule has 11 heteroatoms. The minimum absolute atomic E-state index is 0.0158. The molecule has 1 saturated heterocycles. The third-order valence-electron chi connectivity index (χ3n) is 6.40. The number of ether oxygens (including phenoxy) is 3. The van der Waals surface area contributed by atoms with Crippen LogP contribution in [0.3, 0.4) is 0 Å². The summed E-state index contributed by atoms with van der Waals surface area (Å²) in [5, 5.41) is 71.2. The molecular formula is C26H30O11. The molecule has 1 fully saturated rings. The van der Waals surface area contributed by atoms with Crippen LogP contribution in [-0.4, -0.2) is 84.9 Å². The van der Waals surface area contributed by atoms with Gasteiger partial charge in [-0.2, -0.15) is 0 Å². The molecule has 7 N–H and O–H groups in total. The van der Waals surface area contributed by atoms with Gasteiger partial charge in [0.2, 0.25) is 12.1 Å². The molecule has 11 nitrogen and oxygen atoms in total. The predicted molar refractivity (Wildman–Crippen MR) is 127 cm³/mol. The molecule has 37 heavy (non-hydrogen) atoms. The molecule has 7 atom stereocenters. The summed E-state index contributed by atoms with van der Waals surface area (Å²) >= 11 is 0. The Morgan fingerprint density at radius 3 is 2.32 bits per heavy atom. The number of carbonyl (C=O) groups is 1. The van der Waals surface area contributed by atoms with Gasteiger partial charge < -0.3 is 50.0 Å². The highest BCUT2D eigenvalue weighted by Gasteiger charge is 2.46. The maximum Gasteiger partial charge on any atom is 0.229 e. The van der Waals surface area contributed by atoms with Crippen molar-refractivity contribution < 1.29 is 54.8 Å². The fraction of sp³-hybridized carbons (Fsp3) is 0.423. The molecule has 0 radical (unpaired) electrons. The van der Waals surface area contributed by atoms with Gasteiger partial charge in [0.05, 0.1) is 6.61 Å². The first kappa shape index (κ1) is 26.9. The topological polar surface area (TPSA) is 186 Å². The first-order valence-corrected chi connectivity index (χ1v) is 11.7. The number of rotatable bonds is 6. The number of allylic oxidation sites excluding steroid dienone is 2. The molecule has 0 aliphatic carbocycles. The predicted octanol–water partition coefficient (Wildman–Crippen LogP) is 0.462. The molecule has 0 aromatic heterocycles. The summed E-state index contributed by atoms with van der Waals surface area (Å²) in [5.41, 5.74) is 1.35. The van der Waals surface area contributed by atoms with Gasteiger partial charge in [-0.05, 0) is 38.0 Å². The van der Waals surface area contributed by atoms with Crippen molar-refractivity contribution in [3.63, 3.8) is 0 Å². The van der Waals surface area contributed by atoms with Crippen molar-refractivity contribution in [2.75, 3.05) is 6.61 Å². The van der Waals surface area contributed by atoms with E-state index in [4.69, 9.17) is 14.2 Å². The van der Waals surface area contributed by atoms with E-state index in [9.17, 15) is 40.5 Å². The number of Topliss-reactive ketones (excluding diaryl/α,β-unsaturated/α-hetero) is 1. The van der Waals surface area contributed by atoms with E-state index in [0.717, 1.165) is 11.6 Å². The summed E-state index contributed by atoms with van der Waals surface area (Å²) in [7, 11) is 0. The maximum absolute atomic E-state index is 13.1. The van der Waals surface area contributed by atoms with Crippen LogP contribution in [0.1, 0.15) is 41.4 Å². The van der Waals surface area contributed by atoms with Crippen LogP contribution in [0.15, 0.2) is 42.0 Å². The number of benzene rings is 2. The van der Waals surface area contributed by atoms with Crippen molar-refractivity contribution in [2.24, 2.45) is 0 Å². The van der Waals surface area contributed by atoms with Crippen molar-refractivity contribution in [3.05, 3.63) is 58.7 Å². The number of aliphatic hydroxyl groups excluding tert-OH is 5. The van der Waals surface area contributed by atoms with Crippen molar-refractivity contribution in [1.82, 2.24) is 0 Å². The van der Waals surface area contributed by atoms with E-state index in [1.165, 1.54) is 24.3 Å². The average molecular weight is 519 g/mol. The van der Waals surface area contributed by atoms with Crippen LogP contribution in [0, 0.1) is 0 Å². The van der Waals surface area contributed by atoms with Gasteiger partial charge in [-0.15, -0.1) is 0 Å². The van der Waals surface area contributed by atoms with Gasteiger partial charge in [0.15, 0.2) is 12.2 Å². The third kappa shape index (κ3) is 5.14. The second-order valence-electron chi connectivity index (χ2n) is 9.32. The molecule has 0 saturated carbocycles. The van der Waals surface area contributed by atoms with Gasteiger partial charge in [0.25, 0.3) is 0 Å². The number of phenols is 2. The largest absolute Gasteiger partial charge is 0.508 e. The molecule has 2 aromatic carbocycles. The quantitative estimate of drug-likeness (QED) is 0.263. The zero-order valence-corrected chi connectivity index (χ0v) is 20.2. The van der Waals surface area contributed by atoms with Gasteiger partial charge in [-0.1, -0.05) is 23.8 Å². The number of hydrogen-bond acceptors (Lipinski definition) is 11. The Kier molecular flexibility index (Phi) is 7.74. The lowest BCUT2D eigenvalue weighted by molar-refractivity contribution is -0.277. The monoisotopic (exact) mass is 518 g/mol. The Morgan fingerprint density at radius 1 is 1.03 bits per heavy atom. The number of hydrogen-bond donors (Lipinski definition) is 7. The second-order valence-corrected chi connectivity index (χ2v) is 9.32. The van der Waals surface area contributed by atoms with Crippen LogP contribution in [-0.2, 0) is 11.2 Å². The molecule has 0 unspecified atom stereocenters. The number of ketones is 1. The van der Waals surface area contributed by atoms with Crippen LogP contribution >= 0.6 is 0 Å². The lowest BCUT2D eigenvalue weighted by atomic mass is 9.90. The van der Waals surface area contributed by atoms with E-state index in [0.29, 0.717) is 5.56 Å². The van der Waals surface area contributed by atoms with Gasteiger partial charge in [0, 0.05) is 11.6 Å². The smallest absolute Gasteiger partial charge is 0.229 e. The summed E-state index contributed by atoms with van der Waals surface area (Å²) in [6, 6.07) is 6.86. The highest BCUT2D eigenvalue weighted by atomic mass is 16.7. The Balaban J connectivity index is 1.79. The minimum Gasteiger partial charge on any atom is -0.508 e. The Morgan fingerprint density at radius 2 is 1.70 bits per heavy atom. The molecule has 200 valence electrons. The first-order valence-electron chi connectivity index (χ1n) is 11.7. The van der Waals surface area contributed by atoms with Crippen molar-refractivity contribution in [3.8, 4) is 23.0 Å². The van der Waals surface area contributed by atoms with Gasteiger partial charge in [-0.25, -0.2) is 0 Å². The zero-order chi connectivity index (χ0) is 27.0. The lowest BCUT2D eigenvalue weighted by Crippen LogP contribution is -2.60. The van der Waals surface area contributed by atoms with Gasteiger partial charge in [-0.3, -0.25) is 4.79 Å². The van der Waals surface area contributed by atoms with E-state index < -0.39 is 61.1 Å². The summed E-state index contributed by atoms with van der Waals surface area (Å²) in [6.45, 7) is 3.04. The summed E-state index contributed by atoms with van der Waals surface area (Å²) < 4.78 is 17.3. The SMILES string of the molecule is CC(C)=CCc1c(O[C@H]2O[C@H](CO)[C@@H](O)[C@H](O)[C@H]2O)cc(O)c2c1O[C@@H](c1ccc(O)cc1)[C@H](O)C2=O. The second kappa shape index (κ2) is 10.7. The van der Waals surface area contributed by atoms with Crippen molar-refractivity contribution in [1.29, 1.82) is 0 Å². The van der Waals surface area contributed by atoms with Crippen LogP contribution in [0.25, 0.3) is 0 Å². The lowest BCUT2D eigenvalue weighted by Gasteiger charge is -2.40. The van der Waals surface area contributed by atoms with Crippen LogP contribution in [0.5, 0.6) is 23.0 Å². The third-order valence-corrected chi connectivity index (χ3v) is 6.40. The standard InChI is InChI=1S/C26H30O11/c1-11(2)3-8-14-16(35-26-23(34)21(32)19(30)17(10-27)36-26)9-15(29)18-20(31)22(33)24(37-25(14)18)12-4-6-13(28)7-5-12/h3-7,9,17,19,21-24,26-30,32-34H,8,10H2,1-2H3/t17-,19-,21+,22-,23-,24+,26+/m1/s1. The fourth-order valence-corrected chi connectivity index (χ4v) is 4.32. The molecular weight excluding hydrogens is 488 g/mol. The molecule has 2 heterocycles. The molecule has 4 rings (SSSR count). The molecule has 0 spiro atoms. The molecule has 2 aliphatic rings. The number of fused-ring (bicyclic) bond motifs is 1. The normalized spacial score (nSPS) is 29.3. The van der Waals surface area contributed by atoms with Crippen LogP contribution in [0.2, 0.25) is 0 Å². The Hall–Kier alpha value is -3.19. The van der Waals surface area contributed by atoms with E-state index in [2.05, 4.69) is 0 Å². The van der Waals surface area contributed by atoms with Crippen LogP contribution in [0.4, 0.5) is 0 Å². The number of aromatic hydroxyl groups is 2.